The molecule has 0 amide bonds. The molecule has 0 spiro atoms. The van der Waals surface area contributed by atoms with Gasteiger partial charge in [-0.1, -0.05) is 0 Å². The molecule has 8 heteroatoms. The standard InChI is InChI=1S/C13H18ClNO5S/c1-8-4-10(5-9(2)19-8)20-13(16)12-6-11(7-15(12)3)21(14,17)18/h6-10H,4-5H2,1-3H3. The maximum Gasteiger partial charge on any atom is 0.355 e. The molecule has 0 bridgehead atoms. The number of rotatable bonds is 3. The second-order valence-electron chi connectivity index (χ2n) is 5.37. The molecule has 1 aromatic heterocycles. The second kappa shape index (κ2) is 5.98. The van der Waals surface area contributed by atoms with Gasteiger partial charge in [0.05, 0.1) is 12.2 Å². The van der Waals surface area contributed by atoms with Crippen LogP contribution >= 0.6 is 10.7 Å². The third kappa shape index (κ3) is 3.99. The molecule has 1 saturated heterocycles. The number of hydrogen-bond donors (Lipinski definition) is 0. The topological polar surface area (TPSA) is 74.6 Å². The Morgan fingerprint density at radius 2 is 1.95 bits per heavy atom. The third-order valence-electron chi connectivity index (χ3n) is 3.40. The Morgan fingerprint density at radius 1 is 1.38 bits per heavy atom. The molecule has 1 fully saturated rings. The molecule has 1 aliphatic heterocycles. The third-order valence-corrected chi connectivity index (χ3v) is 4.72. The van der Waals surface area contributed by atoms with Crippen molar-refractivity contribution in [2.75, 3.05) is 0 Å². The van der Waals surface area contributed by atoms with E-state index in [0.29, 0.717) is 12.8 Å². The fourth-order valence-electron chi connectivity index (χ4n) is 2.52. The van der Waals surface area contributed by atoms with E-state index >= 15 is 0 Å². The first-order valence-corrected chi connectivity index (χ1v) is 8.95. The Kier molecular flexibility index (Phi) is 4.65. The predicted molar refractivity (Wildman–Crippen MR) is 76.9 cm³/mol. The van der Waals surface area contributed by atoms with Crippen molar-refractivity contribution in [3.8, 4) is 0 Å². The van der Waals surface area contributed by atoms with Gasteiger partial charge in [-0.2, -0.15) is 0 Å². The molecule has 2 heterocycles. The van der Waals surface area contributed by atoms with E-state index in [1.165, 1.54) is 16.8 Å². The normalized spacial score (nSPS) is 26.6. The predicted octanol–water partition coefficient (Wildman–Crippen LogP) is 2.07. The lowest BCUT2D eigenvalue weighted by Gasteiger charge is -2.31. The highest BCUT2D eigenvalue weighted by molar-refractivity contribution is 8.13. The van der Waals surface area contributed by atoms with Gasteiger partial charge in [-0.3, -0.25) is 0 Å². The summed E-state index contributed by atoms with van der Waals surface area (Å²) < 4.78 is 35.0. The molecular weight excluding hydrogens is 318 g/mol. The van der Waals surface area contributed by atoms with Gasteiger partial charge in [-0.15, -0.1) is 0 Å². The lowest BCUT2D eigenvalue weighted by Crippen LogP contribution is -2.35. The molecule has 0 aromatic carbocycles. The molecule has 0 aliphatic carbocycles. The van der Waals surface area contributed by atoms with Crippen LogP contribution in [0.25, 0.3) is 0 Å². The van der Waals surface area contributed by atoms with Crippen molar-refractivity contribution in [2.45, 2.75) is 49.9 Å². The highest BCUT2D eigenvalue weighted by atomic mass is 35.7. The highest BCUT2D eigenvalue weighted by Gasteiger charge is 2.29. The van der Waals surface area contributed by atoms with E-state index in [1.54, 1.807) is 7.05 Å². The first-order chi connectivity index (χ1) is 9.66. The molecule has 1 aromatic rings. The van der Waals surface area contributed by atoms with Crippen molar-refractivity contribution in [3.05, 3.63) is 18.0 Å². The zero-order valence-electron chi connectivity index (χ0n) is 12.1. The fraction of sp³-hybridized carbons (Fsp3) is 0.615. The summed E-state index contributed by atoms with van der Waals surface area (Å²) in [5.74, 6) is -0.560. The van der Waals surface area contributed by atoms with E-state index in [9.17, 15) is 13.2 Å². The molecule has 2 rings (SSSR count). The molecule has 0 radical (unpaired) electrons. The molecule has 6 nitrogen and oxygen atoms in total. The number of aromatic nitrogens is 1. The van der Waals surface area contributed by atoms with Crippen LogP contribution in [-0.2, 0) is 25.6 Å². The van der Waals surface area contributed by atoms with Crippen molar-refractivity contribution >= 4 is 25.7 Å². The van der Waals surface area contributed by atoms with Gasteiger partial charge in [0.2, 0.25) is 0 Å². The Balaban J connectivity index is 2.12. The number of aryl methyl sites for hydroxylation is 1. The number of halogens is 1. The van der Waals surface area contributed by atoms with Crippen LogP contribution in [0.2, 0.25) is 0 Å². The summed E-state index contributed by atoms with van der Waals surface area (Å²) >= 11 is 0. The Labute approximate surface area is 128 Å². The van der Waals surface area contributed by atoms with E-state index < -0.39 is 15.0 Å². The molecule has 21 heavy (non-hydrogen) atoms. The minimum Gasteiger partial charge on any atom is -0.458 e. The summed E-state index contributed by atoms with van der Waals surface area (Å²) in [6.45, 7) is 3.86. The summed E-state index contributed by atoms with van der Waals surface area (Å²) in [6.07, 6.45) is 2.36. The molecule has 2 atom stereocenters. The van der Waals surface area contributed by atoms with Crippen LogP contribution in [0.4, 0.5) is 0 Å². The summed E-state index contributed by atoms with van der Waals surface area (Å²) in [7, 11) is 2.97. The lowest BCUT2D eigenvalue weighted by atomic mass is 10.0. The van der Waals surface area contributed by atoms with Crippen LogP contribution in [-0.4, -0.2) is 37.3 Å². The van der Waals surface area contributed by atoms with Crippen LogP contribution in [0.5, 0.6) is 0 Å². The molecule has 0 saturated carbocycles. The van der Waals surface area contributed by atoms with Crippen LogP contribution in [0.3, 0.4) is 0 Å². The van der Waals surface area contributed by atoms with Crippen LogP contribution < -0.4 is 0 Å². The lowest BCUT2D eigenvalue weighted by molar-refractivity contribution is -0.0857. The molecular formula is C13H18ClNO5S. The average molecular weight is 336 g/mol. The zero-order chi connectivity index (χ0) is 15.8. The van der Waals surface area contributed by atoms with Crippen molar-refractivity contribution in [1.29, 1.82) is 0 Å². The monoisotopic (exact) mass is 335 g/mol. The van der Waals surface area contributed by atoms with Crippen molar-refractivity contribution < 1.29 is 22.7 Å². The number of hydrogen-bond acceptors (Lipinski definition) is 5. The van der Waals surface area contributed by atoms with E-state index in [2.05, 4.69) is 0 Å². The molecule has 118 valence electrons. The SMILES string of the molecule is CC1CC(OC(=O)c2cc(S(=O)(=O)Cl)cn2C)CC(C)O1. The Hall–Kier alpha value is -1.05. The van der Waals surface area contributed by atoms with Gasteiger partial charge in [0.15, 0.2) is 0 Å². The number of ether oxygens (including phenoxy) is 2. The minimum absolute atomic E-state index is 0.0266. The average Bonchev–Trinajstić information content (AvgIpc) is 2.69. The number of esters is 1. The van der Waals surface area contributed by atoms with E-state index in [0.717, 1.165) is 0 Å². The van der Waals surface area contributed by atoms with E-state index in [4.69, 9.17) is 20.2 Å². The first-order valence-electron chi connectivity index (χ1n) is 6.64. The maximum atomic E-state index is 12.2. The van der Waals surface area contributed by atoms with Crippen LogP contribution in [0.1, 0.15) is 37.2 Å². The van der Waals surface area contributed by atoms with Gasteiger partial charge in [0.1, 0.15) is 16.7 Å². The Bertz CT molecular complexity index is 629. The first kappa shape index (κ1) is 16.3. The van der Waals surface area contributed by atoms with Gasteiger partial charge >= 0.3 is 5.97 Å². The fourth-order valence-corrected chi connectivity index (χ4v) is 3.31. The van der Waals surface area contributed by atoms with Crippen molar-refractivity contribution in [3.63, 3.8) is 0 Å². The summed E-state index contributed by atoms with van der Waals surface area (Å²) in [5.41, 5.74) is 0.154. The largest absolute Gasteiger partial charge is 0.458 e. The van der Waals surface area contributed by atoms with Gasteiger partial charge in [0.25, 0.3) is 9.05 Å². The molecule has 1 aliphatic rings. The Morgan fingerprint density at radius 3 is 2.43 bits per heavy atom. The van der Waals surface area contributed by atoms with Crippen LogP contribution in [0.15, 0.2) is 17.2 Å². The van der Waals surface area contributed by atoms with Gasteiger partial charge < -0.3 is 14.0 Å². The van der Waals surface area contributed by atoms with E-state index in [1.807, 2.05) is 13.8 Å². The van der Waals surface area contributed by atoms with Gasteiger partial charge in [-0.05, 0) is 19.9 Å². The molecule has 0 N–H and O–H groups in total. The number of carbonyl (C=O) groups excluding carboxylic acids is 1. The second-order valence-corrected chi connectivity index (χ2v) is 7.93. The number of nitrogens with zero attached hydrogens (tertiary/aromatic N) is 1. The van der Waals surface area contributed by atoms with Crippen molar-refractivity contribution in [2.24, 2.45) is 7.05 Å². The smallest absolute Gasteiger partial charge is 0.355 e. The minimum atomic E-state index is -3.87. The zero-order valence-corrected chi connectivity index (χ0v) is 13.6. The summed E-state index contributed by atoms with van der Waals surface area (Å²) in [4.78, 5) is 12.0. The summed E-state index contributed by atoms with van der Waals surface area (Å²) in [5, 5.41) is 0. The van der Waals surface area contributed by atoms with Crippen molar-refractivity contribution in [1.82, 2.24) is 4.57 Å². The van der Waals surface area contributed by atoms with Gasteiger partial charge in [0, 0.05) is 36.8 Å². The quantitative estimate of drug-likeness (QED) is 0.624. The summed E-state index contributed by atoms with van der Waals surface area (Å²) in [6, 6.07) is 1.22. The number of carbonyl (C=O) groups is 1. The van der Waals surface area contributed by atoms with E-state index in [-0.39, 0.29) is 28.9 Å². The van der Waals surface area contributed by atoms with Gasteiger partial charge in [-0.25, -0.2) is 13.2 Å². The maximum absolute atomic E-state index is 12.2. The highest BCUT2D eigenvalue weighted by Crippen LogP contribution is 2.24. The molecule has 2 unspecified atom stereocenters. The van der Waals surface area contributed by atoms with Crippen LogP contribution in [0, 0.1) is 0 Å².